The van der Waals surface area contributed by atoms with E-state index in [9.17, 15) is 20.1 Å². The van der Waals surface area contributed by atoms with Gasteiger partial charge < -0.3 is 43.6 Å². The summed E-state index contributed by atoms with van der Waals surface area (Å²) in [5.74, 6) is -0.125. The van der Waals surface area contributed by atoms with E-state index >= 15 is 9.59 Å². The van der Waals surface area contributed by atoms with Gasteiger partial charge in [-0.05, 0) is 153 Å². The quantitative estimate of drug-likeness (QED) is 0.131. The number of nitrogens with one attached hydrogen (secondary N) is 1. The number of epoxide rings is 1. The van der Waals surface area contributed by atoms with Crippen LogP contribution in [0, 0.1) is 104 Å². The van der Waals surface area contributed by atoms with Gasteiger partial charge in [-0.2, -0.15) is 0 Å². The highest BCUT2D eigenvalue weighted by atomic mass is 16.7. The lowest BCUT2D eigenvalue weighted by Crippen LogP contribution is -2.80. The summed E-state index contributed by atoms with van der Waals surface area (Å²) in [6.07, 6.45) is 26.5. The first-order valence-electron chi connectivity index (χ1n) is 29.7. The van der Waals surface area contributed by atoms with E-state index in [4.69, 9.17) is 23.4 Å². The van der Waals surface area contributed by atoms with E-state index < -0.39 is 92.0 Å². The van der Waals surface area contributed by atoms with E-state index in [1.54, 1.807) is 6.26 Å². The van der Waals surface area contributed by atoms with Crippen molar-refractivity contribution in [2.24, 2.45) is 104 Å². The number of ketones is 1. The maximum absolute atomic E-state index is 16.7. The fraction of sp³-hybridized carbons (Fsp3) is 0.758. The SMILES string of the molecule is CC1C2CCCC2C=CC12C=CCC13OC45C(=CC21)CC1CCCC12CC1CC6(C)C(c7ccoc7CC(C(O)CO)C7CCC8C(C=CN9CNCC89)C7)OC(=O)C7OC76C6(C)C(O)C(=O)C3C4(COC(=O)C25)C16. The Kier molecular flexibility index (Phi) is 9.02. The fourth-order valence-corrected chi connectivity index (χ4v) is 24.6. The second-order valence-corrected chi connectivity index (χ2v) is 28.6. The highest BCUT2D eigenvalue weighted by molar-refractivity contribution is 5.94. The van der Waals surface area contributed by atoms with Gasteiger partial charge in [0.15, 0.2) is 11.9 Å². The number of carbonyl (C=O) groups is 3. The number of cyclic esters (lactones) is 2. The Morgan fingerprint density at radius 1 is 0.960 bits per heavy atom. The Labute approximate surface area is 439 Å². The smallest absolute Gasteiger partial charge is 0.339 e. The number of esters is 2. The highest BCUT2D eigenvalue weighted by Crippen LogP contribution is 2.89. The molecule has 17 rings (SSSR count). The van der Waals surface area contributed by atoms with Crippen LogP contribution in [0.25, 0.3) is 0 Å². The lowest BCUT2D eigenvalue weighted by atomic mass is 9.32. The van der Waals surface area contributed by atoms with Gasteiger partial charge in [0.1, 0.15) is 35.8 Å². The number of furan rings is 1. The number of carbonyl (C=O) groups excluding carboxylic acids is 3. The van der Waals surface area contributed by atoms with E-state index in [-0.39, 0.29) is 54.6 Å². The first-order valence-corrected chi connectivity index (χ1v) is 29.7. The molecule has 6 spiro atoms. The van der Waals surface area contributed by atoms with Crippen molar-refractivity contribution >= 4 is 17.7 Å². The summed E-state index contributed by atoms with van der Waals surface area (Å²) in [6.45, 7) is 8.19. The molecule has 16 aliphatic rings. The number of aliphatic hydroxyl groups excluding tert-OH is 3. The molecule has 1 aromatic rings. The van der Waals surface area contributed by atoms with Crippen molar-refractivity contribution in [3.63, 3.8) is 0 Å². The van der Waals surface area contributed by atoms with Gasteiger partial charge in [-0.25, -0.2) is 4.79 Å². The van der Waals surface area contributed by atoms with Crippen molar-refractivity contribution < 1.29 is 53.1 Å². The average molecular weight is 1030 g/mol. The van der Waals surface area contributed by atoms with E-state index in [0.29, 0.717) is 66.2 Å². The Hall–Kier alpha value is -3.59. The monoisotopic (exact) mass is 1020 g/mol. The molecule has 75 heavy (non-hydrogen) atoms. The molecular formula is C62H76N2O11. The van der Waals surface area contributed by atoms with Gasteiger partial charge in [-0.15, -0.1) is 0 Å². The number of nitrogens with zero attached hydrogens (tertiary/aromatic N) is 1. The molecule has 13 heteroatoms. The number of hydrogen-bond acceptors (Lipinski definition) is 13. The van der Waals surface area contributed by atoms with Crippen LogP contribution >= 0.6 is 0 Å². The Morgan fingerprint density at radius 3 is 2.71 bits per heavy atom. The summed E-state index contributed by atoms with van der Waals surface area (Å²) in [5, 5.41) is 39.7. The number of ether oxygens (including phenoxy) is 4. The van der Waals surface area contributed by atoms with Gasteiger partial charge in [-0.1, -0.05) is 70.1 Å². The third-order valence-corrected chi connectivity index (χ3v) is 26.9. The van der Waals surface area contributed by atoms with Crippen LogP contribution in [0.4, 0.5) is 0 Å². The van der Waals surface area contributed by atoms with E-state index in [2.05, 4.69) is 73.6 Å². The summed E-state index contributed by atoms with van der Waals surface area (Å²) in [4.78, 5) is 49.5. The minimum Gasteiger partial charge on any atom is -0.469 e. The second kappa shape index (κ2) is 14.6. The molecule has 26 atom stereocenters. The molecule has 8 heterocycles. The molecule has 4 N–H and O–H groups in total. The average Bonchev–Trinajstić information content (AvgIpc) is 2.97. The maximum atomic E-state index is 16.7. The van der Waals surface area contributed by atoms with Gasteiger partial charge in [0.2, 0.25) is 0 Å². The normalized spacial score (nSPS) is 56.8. The fourth-order valence-electron chi connectivity index (χ4n) is 24.6. The predicted octanol–water partition coefficient (Wildman–Crippen LogP) is 6.91. The van der Waals surface area contributed by atoms with Crippen LogP contribution in [-0.2, 0) is 39.8 Å². The molecule has 13 nitrogen and oxygen atoms in total. The summed E-state index contributed by atoms with van der Waals surface area (Å²) in [6, 6.07) is 2.39. The van der Waals surface area contributed by atoms with Crippen molar-refractivity contribution in [3.05, 3.63) is 71.9 Å². The van der Waals surface area contributed by atoms with E-state index in [1.807, 2.05) is 6.07 Å². The molecule has 0 radical (unpaired) electrons. The molecule has 5 bridgehead atoms. The van der Waals surface area contributed by atoms with Gasteiger partial charge in [0, 0.05) is 46.7 Å². The summed E-state index contributed by atoms with van der Waals surface area (Å²) < 4.78 is 35.6. The Morgan fingerprint density at radius 2 is 1.84 bits per heavy atom. The largest absolute Gasteiger partial charge is 0.469 e. The molecule has 1 aromatic heterocycles. The highest BCUT2D eigenvalue weighted by Gasteiger charge is 2.97. The maximum Gasteiger partial charge on any atom is 0.339 e. The molecule has 5 saturated heterocycles. The number of hydrogen-bond donors (Lipinski definition) is 4. The minimum atomic E-state index is -1.51. The molecule has 0 aromatic carbocycles. The molecular weight excluding hydrogens is 949 g/mol. The van der Waals surface area contributed by atoms with Crippen LogP contribution < -0.4 is 5.32 Å². The molecule has 12 fully saturated rings. The van der Waals surface area contributed by atoms with Gasteiger partial charge in [-0.3, -0.25) is 14.9 Å². The third-order valence-electron chi connectivity index (χ3n) is 26.9. The summed E-state index contributed by atoms with van der Waals surface area (Å²) in [7, 11) is 0. The van der Waals surface area contributed by atoms with Crippen LogP contribution in [-0.4, -0.2) is 106 Å². The molecule has 400 valence electrons. The minimum absolute atomic E-state index is 0.0295. The van der Waals surface area contributed by atoms with Crippen LogP contribution in [0.3, 0.4) is 0 Å². The van der Waals surface area contributed by atoms with Crippen molar-refractivity contribution in [1.29, 1.82) is 0 Å². The van der Waals surface area contributed by atoms with Crippen molar-refractivity contribution in [2.75, 3.05) is 26.4 Å². The number of rotatable bonds is 6. The first-order chi connectivity index (χ1) is 36.2. The second-order valence-electron chi connectivity index (χ2n) is 28.6. The van der Waals surface area contributed by atoms with Crippen molar-refractivity contribution in [2.45, 2.75) is 158 Å². The van der Waals surface area contributed by atoms with E-state index in [1.165, 1.54) is 24.8 Å². The Bertz CT molecular complexity index is 2860. The standard InChI is InChI=1S/C62H76N2O11/c1-31-38-9-4-7-32(38)12-18-57(31)16-6-17-60-45(57)23-37-22-36-8-5-15-58(36)26-35-25-55(2)51(40-14-20-71-44(40)24-41(43(66)28-65)33-10-11-39-34(21-33)13-19-64-30-63-27-42(39)64)73-54(70)52-62(55,74-52)56(3)47(35)59(48(60)46(67)50(56)68)29-72-53(69)49(58)61(37,59)75-60/h6,12-14,16,18-20,23,31-36,38-39,41-43,45,47-52,63,65-66,68H,4-5,7-11,15,17,21-22,24-30H2,1-3H3. The zero-order valence-corrected chi connectivity index (χ0v) is 43.9. The van der Waals surface area contributed by atoms with Crippen LogP contribution in [0.5, 0.6) is 0 Å². The lowest BCUT2D eigenvalue weighted by Gasteiger charge is -2.70. The van der Waals surface area contributed by atoms with Crippen LogP contribution in [0.1, 0.15) is 122 Å². The van der Waals surface area contributed by atoms with Crippen molar-refractivity contribution in [1.82, 2.24) is 10.2 Å². The number of aliphatic hydroxyl groups is 3. The predicted molar refractivity (Wildman–Crippen MR) is 269 cm³/mol. The van der Waals surface area contributed by atoms with Gasteiger partial charge in [0.05, 0.1) is 48.5 Å². The van der Waals surface area contributed by atoms with Crippen LogP contribution in [0.2, 0.25) is 0 Å². The van der Waals surface area contributed by atoms with Gasteiger partial charge >= 0.3 is 11.9 Å². The summed E-state index contributed by atoms with van der Waals surface area (Å²) >= 11 is 0. The molecule has 9 aliphatic carbocycles. The third kappa shape index (κ3) is 4.90. The molecule has 26 unspecified atom stereocenters. The zero-order chi connectivity index (χ0) is 50.8. The van der Waals surface area contributed by atoms with E-state index in [0.717, 1.165) is 64.6 Å². The summed E-state index contributed by atoms with van der Waals surface area (Å²) in [5.41, 5.74) is -5.74. The number of allylic oxidation sites excluding steroid dienone is 4. The molecule has 7 aliphatic heterocycles. The Balaban J connectivity index is 0.812. The topological polar surface area (TPSA) is 181 Å². The lowest BCUT2D eigenvalue weighted by molar-refractivity contribution is -0.281. The number of fused-ring (bicyclic) bond motifs is 5. The number of Topliss-reactive ketones (excluding diaryl/α,β-unsaturated/α-hetero) is 1. The molecule has 0 amide bonds. The molecule has 7 saturated carbocycles. The van der Waals surface area contributed by atoms with Gasteiger partial charge in [0.25, 0.3) is 0 Å². The zero-order valence-electron chi connectivity index (χ0n) is 43.9. The van der Waals surface area contributed by atoms with Crippen LogP contribution in [0.15, 0.2) is 65.0 Å². The van der Waals surface area contributed by atoms with Crippen molar-refractivity contribution in [3.8, 4) is 0 Å². The first kappa shape index (κ1) is 46.3.